The predicted octanol–water partition coefficient (Wildman–Crippen LogP) is 0.0942. The Morgan fingerprint density at radius 3 is 1.76 bits per heavy atom. The lowest BCUT2D eigenvalue weighted by atomic mass is 9.88. The van der Waals surface area contributed by atoms with Gasteiger partial charge in [0, 0.05) is 25.0 Å². The summed E-state index contributed by atoms with van der Waals surface area (Å²) in [5, 5.41) is 0. The summed E-state index contributed by atoms with van der Waals surface area (Å²) >= 11 is 0. The molecule has 0 aromatic heterocycles. The molecule has 0 saturated carbocycles. The Morgan fingerprint density at radius 2 is 1.38 bits per heavy atom. The van der Waals surface area contributed by atoms with Crippen molar-refractivity contribution in [2.75, 3.05) is 13.2 Å². The Labute approximate surface area is 119 Å². The lowest BCUT2D eigenvalue weighted by Gasteiger charge is -2.22. The monoisotopic (exact) mass is 298 g/mol. The maximum atomic E-state index is 11.2. The summed E-state index contributed by atoms with van der Waals surface area (Å²) in [5.74, 6) is -0.873. The predicted molar refractivity (Wildman–Crippen MR) is 64.1 cm³/mol. The molecule has 0 amide bonds. The molecule has 4 atom stereocenters. The number of rotatable bonds is 4. The van der Waals surface area contributed by atoms with Crippen LogP contribution in [0.15, 0.2) is 11.1 Å². The normalized spacial score (nSPS) is 32.6. The fourth-order valence-electron chi connectivity index (χ4n) is 2.80. The van der Waals surface area contributed by atoms with E-state index >= 15 is 0 Å². The number of carbonyl (C=O) groups is 3. The topological polar surface area (TPSA) is 97.4 Å². The Bertz CT molecular complexity index is 492. The van der Waals surface area contributed by atoms with E-state index in [1.54, 1.807) is 0 Å². The van der Waals surface area contributed by atoms with Gasteiger partial charge in [0.15, 0.2) is 12.2 Å². The van der Waals surface area contributed by atoms with Crippen LogP contribution in [0, 0.1) is 0 Å². The molecule has 2 fully saturated rings. The van der Waals surface area contributed by atoms with Crippen molar-refractivity contribution in [2.24, 2.45) is 0 Å². The van der Waals surface area contributed by atoms with Crippen molar-refractivity contribution < 1.29 is 38.1 Å². The Balaban J connectivity index is 1.82. The van der Waals surface area contributed by atoms with Crippen LogP contribution in [-0.2, 0) is 33.3 Å². The van der Waals surface area contributed by atoms with Gasteiger partial charge in [0.1, 0.15) is 25.4 Å². The molecule has 2 saturated heterocycles. The van der Waals surface area contributed by atoms with Gasteiger partial charge in [-0.1, -0.05) is 0 Å². The first-order valence-electron chi connectivity index (χ1n) is 6.48. The molecule has 8 heteroatoms. The van der Waals surface area contributed by atoms with Crippen molar-refractivity contribution >= 4 is 18.1 Å². The van der Waals surface area contributed by atoms with Crippen molar-refractivity contribution in [2.45, 2.75) is 38.3 Å². The summed E-state index contributed by atoms with van der Waals surface area (Å²) in [6.45, 7) is 2.60. The van der Waals surface area contributed by atoms with Gasteiger partial charge in [-0.2, -0.15) is 0 Å². The van der Waals surface area contributed by atoms with Crippen molar-refractivity contribution in [3.05, 3.63) is 11.1 Å². The molecule has 0 aliphatic carbocycles. The van der Waals surface area contributed by atoms with E-state index in [1.807, 2.05) is 0 Å². The molecule has 0 N–H and O–H groups in total. The first-order valence-corrected chi connectivity index (χ1v) is 6.48. The van der Waals surface area contributed by atoms with Gasteiger partial charge in [0.2, 0.25) is 0 Å². The van der Waals surface area contributed by atoms with E-state index in [0.717, 1.165) is 0 Å². The van der Waals surface area contributed by atoms with Crippen molar-refractivity contribution in [3.63, 3.8) is 0 Å². The molecule has 3 aliphatic heterocycles. The molecular formula is C13H14O8. The van der Waals surface area contributed by atoms with Gasteiger partial charge in [-0.05, 0) is 0 Å². The molecule has 3 heterocycles. The second kappa shape index (κ2) is 5.03. The minimum atomic E-state index is -0.746. The van der Waals surface area contributed by atoms with Crippen LogP contribution in [-0.4, -0.2) is 55.7 Å². The molecule has 0 aromatic carbocycles. The Kier molecular flexibility index (Phi) is 3.32. The van der Waals surface area contributed by atoms with Crippen molar-refractivity contribution in [1.29, 1.82) is 0 Å². The summed E-state index contributed by atoms with van der Waals surface area (Å²) < 4.78 is 25.8. The van der Waals surface area contributed by atoms with Gasteiger partial charge in [-0.25, -0.2) is 4.79 Å². The highest BCUT2D eigenvalue weighted by Gasteiger charge is 2.61. The molecule has 2 bridgehead atoms. The van der Waals surface area contributed by atoms with Crippen LogP contribution in [0.5, 0.6) is 0 Å². The number of esters is 2. The molecule has 0 spiro atoms. The molecule has 3 rings (SSSR count). The van der Waals surface area contributed by atoms with Crippen LogP contribution in [0.2, 0.25) is 0 Å². The third-order valence-corrected chi connectivity index (χ3v) is 3.64. The van der Waals surface area contributed by atoms with E-state index in [-0.39, 0.29) is 13.2 Å². The van der Waals surface area contributed by atoms with Crippen LogP contribution < -0.4 is 0 Å². The lowest BCUT2D eigenvalue weighted by Crippen LogP contribution is -2.38. The van der Waals surface area contributed by atoms with E-state index in [4.69, 9.17) is 23.7 Å². The minimum Gasteiger partial charge on any atom is -0.461 e. The Morgan fingerprint density at radius 1 is 0.952 bits per heavy atom. The van der Waals surface area contributed by atoms with E-state index in [2.05, 4.69) is 0 Å². The average molecular weight is 298 g/mol. The SMILES string of the molecule is CC(=O)OCC1=C(COC(C)=O)C2OC1C1OC(=O)OC21. The highest BCUT2D eigenvalue weighted by atomic mass is 16.8. The summed E-state index contributed by atoms with van der Waals surface area (Å²) in [6.07, 6.45) is -2.90. The number of fused-ring (bicyclic) bond motifs is 5. The van der Waals surface area contributed by atoms with E-state index in [0.29, 0.717) is 11.1 Å². The van der Waals surface area contributed by atoms with Crippen molar-refractivity contribution in [3.8, 4) is 0 Å². The number of ether oxygens (including phenoxy) is 5. The molecule has 8 nitrogen and oxygen atoms in total. The van der Waals surface area contributed by atoms with Gasteiger partial charge in [0.05, 0.1) is 0 Å². The molecule has 3 aliphatic rings. The van der Waals surface area contributed by atoms with E-state index < -0.39 is 42.5 Å². The summed E-state index contributed by atoms with van der Waals surface area (Å²) in [5.41, 5.74) is 1.33. The first kappa shape index (κ1) is 13.9. The highest BCUT2D eigenvalue weighted by molar-refractivity contribution is 5.67. The van der Waals surface area contributed by atoms with E-state index in [1.165, 1.54) is 13.8 Å². The molecule has 21 heavy (non-hydrogen) atoms. The van der Waals surface area contributed by atoms with Crippen LogP contribution >= 0.6 is 0 Å². The van der Waals surface area contributed by atoms with Gasteiger partial charge < -0.3 is 23.7 Å². The number of carbonyl (C=O) groups excluding carboxylic acids is 3. The third kappa shape index (κ3) is 2.35. The molecule has 4 unspecified atom stereocenters. The summed E-state index contributed by atoms with van der Waals surface area (Å²) in [4.78, 5) is 33.2. The third-order valence-electron chi connectivity index (χ3n) is 3.64. The van der Waals surface area contributed by atoms with Crippen LogP contribution in [0.3, 0.4) is 0 Å². The first-order chi connectivity index (χ1) is 9.97. The zero-order valence-corrected chi connectivity index (χ0v) is 11.5. The number of hydrogen-bond donors (Lipinski definition) is 0. The van der Waals surface area contributed by atoms with Crippen LogP contribution in [0.25, 0.3) is 0 Å². The van der Waals surface area contributed by atoms with Gasteiger partial charge in [0.25, 0.3) is 0 Å². The van der Waals surface area contributed by atoms with E-state index in [9.17, 15) is 14.4 Å². The zero-order chi connectivity index (χ0) is 15.1. The standard InChI is InChI=1S/C13H14O8/c1-5(14)17-3-7-8(4-18-6(2)15)10-12-11(9(7)19-10)20-13(16)21-12/h9-12H,3-4H2,1-2H3. The fourth-order valence-corrected chi connectivity index (χ4v) is 2.80. The number of hydrogen-bond acceptors (Lipinski definition) is 8. The molecule has 0 aromatic rings. The smallest absolute Gasteiger partial charge is 0.461 e. The molecular weight excluding hydrogens is 284 g/mol. The van der Waals surface area contributed by atoms with Gasteiger partial charge in [-0.15, -0.1) is 0 Å². The fraction of sp³-hybridized carbons (Fsp3) is 0.615. The van der Waals surface area contributed by atoms with Crippen LogP contribution in [0.4, 0.5) is 4.79 Å². The lowest BCUT2D eigenvalue weighted by molar-refractivity contribution is -0.141. The van der Waals surface area contributed by atoms with Crippen LogP contribution in [0.1, 0.15) is 13.8 Å². The summed E-state index contributed by atoms with van der Waals surface area (Å²) in [6, 6.07) is 0. The minimum absolute atomic E-state index is 0.00781. The largest absolute Gasteiger partial charge is 0.509 e. The maximum absolute atomic E-state index is 11.2. The second-order valence-corrected chi connectivity index (χ2v) is 5.00. The highest BCUT2D eigenvalue weighted by Crippen LogP contribution is 2.45. The van der Waals surface area contributed by atoms with Gasteiger partial charge in [-0.3, -0.25) is 9.59 Å². The maximum Gasteiger partial charge on any atom is 0.509 e. The Hall–Kier alpha value is -2.09. The van der Waals surface area contributed by atoms with Crippen molar-refractivity contribution in [1.82, 2.24) is 0 Å². The zero-order valence-electron chi connectivity index (χ0n) is 11.5. The quantitative estimate of drug-likeness (QED) is 0.409. The second-order valence-electron chi connectivity index (χ2n) is 5.00. The molecule has 0 radical (unpaired) electrons. The molecule has 114 valence electrons. The average Bonchev–Trinajstić information content (AvgIpc) is 3.02. The van der Waals surface area contributed by atoms with Gasteiger partial charge >= 0.3 is 18.1 Å². The summed E-state index contributed by atoms with van der Waals surface area (Å²) in [7, 11) is 0.